The van der Waals surface area contributed by atoms with Gasteiger partial charge in [-0.25, -0.2) is 17.5 Å². The summed E-state index contributed by atoms with van der Waals surface area (Å²) >= 11 is 0. The number of halogens is 1. The van der Waals surface area contributed by atoms with E-state index in [2.05, 4.69) is 9.82 Å². The Morgan fingerprint density at radius 2 is 2.16 bits per heavy atom. The van der Waals surface area contributed by atoms with Gasteiger partial charge in [-0.05, 0) is 37.1 Å². The number of hydrogen-bond acceptors (Lipinski definition) is 4. The standard InChI is InChI=1S/C16H20FN3O4S/c1-3-4-5-14(16(21)22)19-25(23,24)12-6-7-15(13(17)8-12)20-10-11(2)9-18-20/h6-10,14,19H,3-5H2,1-2H3,(H,21,22)/t14-/m0/s1. The highest BCUT2D eigenvalue weighted by atomic mass is 32.2. The second-order valence-electron chi connectivity index (χ2n) is 5.73. The van der Waals surface area contributed by atoms with Gasteiger partial charge in [-0.15, -0.1) is 0 Å². The molecule has 0 unspecified atom stereocenters. The number of carboxylic acid groups (broad SMARTS) is 1. The molecule has 1 atom stereocenters. The molecule has 9 heteroatoms. The molecule has 0 spiro atoms. The largest absolute Gasteiger partial charge is 0.480 e. The molecule has 0 amide bonds. The predicted molar refractivity (Wildman–Crippen MR) is 89.5 cm³/mol. The van der Waals surface area contributed by atoms with Crippen LogP contribution in [0.4, 0.5) is 4.39 Å². The van der Waals surface area contributed by atoms with E-state index in [0.29, 0.717) is 6.42 Å². The summed E-state index contributed by atoms with van der Waals surface area (Å²) in [6.45, 7) is 3.67. The quantitative estimate of drug-likeness (QED) is 0.743. The van der Waals surface area contributed by atoms with Crippen molar-refractivity contribution in [2.45, 2.75) is 44.0 Å². The Morgan fingerprint density at radius 3 is 2.68 bits per heavy atom. The van der Waals surface area contributed by atoms with Gasteiger partial charge in [0.05, 0.1) is 11.1 Å². The number of aromatic nitrogens is 2. The minimum atomic E-state index is -4.15. The molecule has 0 saturated carbocycles. The number of nitrogens with zero attached hydrogens (tertiary/aromatic N) is 2. The molecule has 1 aromatic carbocycles. The van der Waals surface area contributed by atoms with Crippen molar-refractivity contribution in [2.24, 2.45) is 0 Å². The topological polar surface area (TPSA) is 101 Å². The number of nitrogens with one attached hydrogen (secondary N) is 1. The number of aryl methyl sites for hydroxylation is 1. The summed E-state index contributed by atoms with van der Waals surface area (Å²) in [7, 11) is -4.15. The van der Waals surface area contributed by atoms with Crippen LogP contribution in [0.1, 0.15) is 31.7 Å². The van der Waals surface area contributed by atoms with Crippen LogP contribution in [0, 0.1) is 12.7 Å². The van der Waals surface area contributed by atoms with E-state index in [9.17, 15) is 17.6 Å². The van der Waals surface area contributed by atoms with Gasteiger partial charge in [-0.1, -0.05) is 19.8 Å². The molecule has 0 aliphatic heterocycles. The Labute approximate surface area is 145 Å². The van der Waals surface area contributed by atoms with Crippen LogP contribution < -0.4 is 4.72 Å². The Hall–Kier alpha value is -2.26. The molecule has 0 aliphatic rings. The van der Waals surface area contributed by atoms with E-state index in [-0.39, 0.29) is 17.0 Å². The van der Waals surface area contributed by atoms with Gasteiger partial charge in [0, 0.05) is 6.20 Å². The highest BCUT2D eigenvalue weighted by Gasteiger charge is 2.25. The average Bonchev–Trinajstić information content (AvgIpc) is 2.97. The molecular weight excluding hydrogens is 349 g/mol. The molecule has 0 fully saturated rings. The molecule has 2 aromatic rings. The third-order valence-electron chi connectivity index (χ3n) is 3.63. The normalized spacial score (nSPS) is 12.9. The zero-order valence-electron chi connectivity index (χ0n) is 13.9. The lowest BCUT2D eigenvalue weighted by Crippen LogP contribution is -2.40. The Balaban J connectivity index is 2.27. The second-order valence-corrected chi connectivity index (χ2v) is 7.44. The lowest BCUT2D eigenvalue weighted by molar-refractivity contribution is -0.139. The fourth-order valence-electron chi connectivity index (χ4n) is 2.28. The van der Waals surface area contributed by atoms with Crippen molar-refractivity contribution in [2.75, 3.05) is 0 Å². The first-order chi connectivity index (χ1) is 11.7. The Bertz CT molecular complexity index is 864. The summed E-state index contributed by atoms with van der Waals surface area (Å²) in [6.07, 6.45) is 4.62. The van der Waals surface area contributed by atoms with Crippen LogP contribution in [0.25, 0.3) is 5.69 Å². The zero-order chi connectivity index (χ0) is 18.6. The van der Waals surface area contributed by atoms with Crippen molar-refractivity contribution in [1.82, 2.24) is 14.5 Å². The number of aliphatic carboxylic acids is 1. The number of carbonyl (C=O) groups is 1. The summed E-state index contributed by atoms with van der Waals surface area (Å²) in [4.78, 5) is 10.9. The van der Waals surface area contributed by atoms with Gasteiger partial charge in [0.1, 0.15) is 17.5 Å². The SMILES string of the molecule is CCCC[C@H](NS(=O)(=O)c1ccc(-n2cc(C)cn2)c(F)c1)C(=O)O. The van der Waals surface area contributed by atoms with E-state index in [1.54, 1.807) is 19.3 Å². The number of carboxylic acids is 1. The Morgan fingerprint density at radius 1 is 1.44 bits per heavy atom. The third kappa shape index (κ3) is 4.64. The van der Waals surface area contributed by atoms with E-state index in [1.165, 1.54) is 16.8 Å². The van der Waals surface area contributed by atoms with Crippen molar-refractivity contribution in [3.05, 3.63) is 42.0 Å². The van der Waals surface area contributed by atoms with Crippen molar-refractivity contribution in [3.63, 3.8) is 0 Å². The van der Waals surface area contributed by atoms with Crippen LogP contribution in [-0.2, 0) is 14.8 Å². The van der Waals surface area contributed by atoms with Crippen LogP contribution in [-0.4, -0.2) is 35.3 Å². The number of rotatable bonds is 8. The highest BCUT2D eigenvalue weighted by Crippen LogP contribution is 2.19. The number of unbranched alkanes of at least 4 members (excludes halogenated alkanes) is 1. The molecule has 0 radical (unpaired) electrons. The minimum absolute atomic E-state index is 0.104. The number of hydrogen-bond donors (Lipinski definition) is 2. The van der Waals surface area contributed by atoms with Crippen LogP contribution >= 0.6 is 0 Å². The first-order valence-electron chi connectivity index (χ1n) is 7.81. The maximum Gasteiger partial charge on any atom is 0.321 e. The van der Waals surface area contributed by atoms with Crippen LogP contribution in [0.3, 0.4) is 0 Å². The first kappa shape index (κ1) is 19.1. The van der Waals surface area contributed by atoms with Crippen LogP contribution in [0.2, 0.25) is 0 Å². The monoisotopic (exact) mass is 369 g/mol. The summed E-state index contributed by atoms with van der Waals surface area (Å²) in [5.74, 6) is -2.03. The van der Waals surface area contributed by atoms with Crippen LogP contribution in [0.5, 0.6) is 0 Å². The molecule has 25 heavy (non-hydrogen) atoms. The van der Waals surface area contributed by atoms with E-state index >= 15 is 0 Å². The van der Waals surface area contributed by atoms with Gasteiger partial charge in [0.15, 0.2) is 0 Å². The van der Waals surface area contributed by atoms with E-state index < -0.39 is 27.9 Å². The maximum absolute atomic E-state index is 14.3. The predicted octanol–water partition coefficient (Wildman–Crippen LogP) is 2.24. The molecule has 0 bridgehead atoms. The maximum atomic E-state index is 14.3. The molecule has 1 heterocycles. The van der Waals surface area contributed by atoms with E-state index in [0.717, 1.165) is 18.1 Å². The van der Waals surface area contributed by atoms with Gasteiger partial charge in [0.2, 0.25) is 10.0 Å². The lowest BCUT2D eigenvalue weighted by Gasteiger charge is -2.15. The average molecular weight is 369 g/mol. The fourth-order valence-corrected chi connectivity index (χ4v) is 3.52. The fraction of sp³-hybridized carbons (Fsp3) is 0.375. The summed E-state index contributed by atoms with van der Waals surface area (Å²) in [5.41, 5.74) is 0.936. The number of benzene rings is 1. The third-order valence-corrected chi connectivity index (χ3v) is 5.10. The van der Waals surface area contributed by atoms with Crippen molar-refractivity contribution in [1.29, 1.82) is 0 Å². The van der Waals surface area contributed by atoms with Crippen LogP contribution in [0.15, 0.2) is 35.5 Å². The second kappa shape index (κ2) is 7.75. The molecular formula is C16H20FN3O4S. The first-order valence-corrected chi connectivity index (χ1v) is 9.29. The molecule has 1 aromatic heterocycles. The molecule has 136 valence electrons. The van der Waals surface area contributed by atoms with Gasteiger partial charge < -0.3 is 5.11 Å². The van der Waals surface area contributed by atoms with Gasteiger partial charge in [0.25, 0.3) is 0 Å². The zero-order valence-corrected chi connectivity index (χ0v) is 14.8. The lowest BCUT2D eigenvalue weighted by atomic mass is 10.1. The highest BCUT2D eigenvalue weighted by molar-refractivity contribution is 7.89. The van der Waals surface area contributed by atoms with Crippen molar-refractivity contribution < 1.29 is 22.7 Å². The van der Waals surface area contributed by atoms with E-state index in [4.69, 9.17) is 5.11 Å². The molecule has 2 rings (SSSR count). The minimum Gasteiger partial charge on any atom is -0.480 e. The van der Waals surface area contributed by atoms with Crippen molar-refractivity contribution >= 4 is 16.0 Å². The van der Waals surface area contributed by atoms with E-state index in [1.807, 2.05) is 6.92 Å². The molecule has 7 nitrogen and oxygen atoms in total. The molecule has 0 saturated heterocycles. The molecule has 0 aliphatic carbocycles. The molecule has 2 N–H and O–H groups in total. The summed E-state index contributed by atoms with van der Waals surface area (Å²) in [5, 5.41) is 13.1. The number of sulfonamides is 1. The smallest absolute Gasteiger partial charge is 0.321 e. The van der Waals surface area contributed by atoms with Gasteiger partial charge in [-0.3, -0.25) is 4.79 Å². The Kier molecular flexibility index (Phi) is 5.91. The van der Waals surface area contributed by atoms with Gasteiger partial charge >= 0.3 is 5.97 Å². The van der Waals surface area contributed by atoms with Crippen molar-refractivity contribution in [3.8, 4) is 5.69 Å². The summed E-state index contributed by atoms with van der Waals surface area (Å²) in [6, 6.07) is 2.11. The summed E-state index contributed by atoms with van der Waals surface area (Å²) < 4.78 is 42.4. The van der Waals surface area contributed by atoms with Gasteiger partial charge in [-0.2, -0.15) is 9.82 Å².